The van der Waals surface area contributed by atoms with E-state index in [9.17, 15) is 25.0 Å². The van der Waals surface area contributed by atoms with E-state index in [-0.39, 0.29) is 35.4 Å². The fraction of sp³-hybridized carbons (Fsp3) is 0.559. The van der Waals surface area contributed by atoms with Gasteiger partial charge in [-0.3, -0.25) is 19.2 Å². The van der Waals surface area contributed by atoms with Gasteiger partial charge >= 0.3 is 23.9 Å². The number of rotatable bonds is 21. The molecule has 0 unspecified atom stereocenters. The fourth-order valence-electron chi connectivity index (χ4n) is 13.2. The van der Waals surface area contributed by atoms with Gasteiger partial charge in [0.2, 0.25) is 0 Å². The Balaban J connectivity index is 1.51. The number of nitrogens with zero attached hydrogens (tertiary/aromatic N) is 3. The van der Waals surface area contributed by atoms with E-state index in [0.29, 0.717) is 47.4 Å². The van der Waals surface area contributed by atoms with Gasteiger partial charge in [0.1, 0.15) is 23.9 Å². The zero-order valence-electron chi connectivity index (χ0n) is 47.7. The summed E-state index contributed by atoms with van der Waals surface area (Å²) in [5, 5.41) is 21.4. The molecule has 426 valence electrons. The van der Waals surface area contributed by atoms with Gasteiger partial charge in [0.25, 0.3) is 5.91 Å². The molecule has 2 N–H and O–H groups in total. The summed E-state index contributed by atoms with van der Waals surface area (Å²) in [6, 6.07) is 26.1. The van der Waals surface area contributed by atoms with Crippen LogP contribution < -0.4 is 5.32 Å². The maximum Gasteiger partial charge on any atom is 0.338 e. The molecule has 3 aromatic rings. The first-order valence-corrected chi connectivity index (χ1v) is 32.8. The van der Waals surface area contributed by atoms with Crippen LogP contribution in [0.4, 0.5) is 5.69 Å². The Morgan fingerprint density at radius 3 is 1.94 bits per heavy atom. The van der Waals surface area contributed by atoms with E-state index in [0.717, 1.165) is 0 Å². The van der Waals surface area contributed by atoms with Gasteiger partial charge in [-0.1, -0.05) is 127 Å². The Labute approximate surface area is 465 Å². The van der Waals surface area contributed by atoms with Crippen LogP contribution in [-0.2, 0) is 51.7 Å². The summed E-state index contributed by atoms with van der Waals surface area (Å²) in [6.07, 6.45) is -9.04. The van der Waals surface area contributed by atoms with Crippen LogP contribution in [-0.4, -0.2) is 112 Å². The van der Waals surface area contributed by atoms with Crippen LogP contribution in [0.5, 0.6) is 0 Å². The highest BCUT2D eigenvalue weighted by molar-refractivity contribution is 6.74. The van der Waals surface area contributed by atoms with E-state index >= 15 is 14.4 Å². The third kappa shape index (κ3) is 11.0. The highest BCUT2D eigenvalue weighted by Gasteiger charge is 2.79. The van der Waals surface area contributed by atoms with Gasteiger partial charge in [-0.05, 0) is 90.6 Å². The Morgan fingerprint density at radius 2 is 1.39 bits per heavy atom. The number of carbonyl (C=O) groups is 6. The maximum absolute atomic E-state index is 16.7. The first-order chi connectivity index (χ1) is 37.5. The number of azide groups is 1. The molecular weight excluding hydrogens is 1040 g/mol. The number of fused-ring (bicyclic) bond motifs is 5. The largest absolute Gasteiger partial charge is 0.456 e. The molecule has 2 saturated carbocycles. The maximum atomic E-state index is 16.7. The van der Waals surface area contributed by atoms with E-state index in [4.69, 9.17) is 32.5 Å². The highest BCUT2D eigenvalue weighted by Crippen LogP contribution is 2.65. The van der Waals surface area contributed by atoms with Crippen LogP contribution in [0.15, 0.2) is 101 Å². The predicted octanol–water partition coefficient (Wildman–Crippen LogP) is 10.7. The zero-order valence-corrected chi connectivity index (χ0v) is 49.7. The lowest BCUT2D eigenvalue weighted by Crippen LogP contribution is -2.82. The average Bonchev–Trinajstić information content (AvgIpc) is 3.53. The molecule has 2 bridgehead atoms. The van der Waals surface area contributed by atoms with Crippen molar-refractivity contribution < 1.29 is 66.4 Å². The minimum absolute atomic E-state index is 0.0386. The standard InChI is InChI=1S/C59H78N4O14Si2/c1-13-78(14-2,15-3)76-44-33-45-58(35-71-45,75-38(9)65)50-52(74-54(68)41-31-25-26-32-42(41)62-63-60)59(70)34-43(36(7)46(56(59,10)11)48(72-37(8)64)51(66)57(44,50)12)73-55(69)49(77-79(16-4,17-5)18-6)47(39-27-21-19-22-28-39)61-53(67)40-29-23-20-24-30-40/h19-32,43-45,47-50,52,70H,13-18,33-35H2,1-12H3,(H,61,67)/t43-,44-,45+,47-,48+,49+,50-,52-,57+,58-,59+/m0/s1. The van der Waals surface area contributed by atoms with Crippen LogP contribution in [0.2, 0.25) is 36.3 Å². The second-order valence-corrected chi connectivity index (χ2v) is 31.8. The number of ether oxygens (including phenoxy) is 5. The summed E-state index contributed by atoms with van der Waals surface area (Å²) >= 11 is 0. The average molecular weight is 1120 g/mol. The Kier molecular flexibility index (Phi) is 18.4. The molecule has 18 nitrogen and oxygen atoms in total. The van der Waals surface area contributed by atoms with Crippen LogP contribution in [0.1, 0.15) is 128 Å². The van der Waals surface area contributed by atoms with Gasteiger partial charge < -0.3 is 43.0 Å². The minimum Gasteiger partial charge on any atom is -0.456 e. The quantitative estimate of drug-likeness (QED) is 0.0192. The van der Waals surface area contributed by atoms with Gasteiger partial charge in [0.05, 0.1) is 41.3 Å². The number of hydrogen-bond donors (Lipinski definition) is 2. The Bertz CT molecular complexity index is 2840. The number of aliphatic hydroxyl groups is 1. The van der Waals surface area contributed by atoms with Gasteiger partial charge in [0.15, 0.2) is 40.2 Å². The first kappa shape index (κ1) is 60.6. The lowest BCUT2D eigenvalue weighted by molar-refractivity contribution is -0.344. The summed E-state index contributed by atoms with van der Waals surface area (Å²) in [4.78, 5) is 92.2. The molecule has 7 rings (SSSR count). The van der Waals surface area contributed by atoms with Crippen LogP contribution in [0.25, 0.3) is 10.4 Å². The van der Waals surface area contributed by atoms with Crippen molar-refractivity contribution in [2.75, 3.05) is 6.61 Å². The smallest absolute Gasteiger partial charge is 0.338 e. The molecule has 0 aromatic heterocycles. The molecule has 0 spiro atoms. The Morgan fingerprint density at radius 1 is 0.810 bits per heavy atom. The van der Waals surface area contributed by atoms with Crippen molar-refractivity contribution in [2.45, 2.75) is 186 Å². The van der Waals surface area contributed by atoms with Crippen molar-refractivity contribution in [1.29, 1.82) is 0 Å². The van der Waals surface area contributed by atoms with E-state index in [2.05, 4.69) is 15.3 Å². The summed E-state index contributed by atoms with van der Waals surface area (Å²) in [5.74, 6) is -6.24. The molecule has 4 aliphatic rings. The molecule has 3 aliphatic carbocycles. The summed E-state index contributed by atoms with van der Waals surface area (Å²) in [6.45, 7) is 20.8. The number of nitrogens with one attached hydrogen (secondary N) is 1. The minimum atomic E-state index is -2.79. The third-order valence-corrected chi connectivity index (χ3v) is 27.6. The van der Waals surface area contributed by atoms with E-state index < -0.39 is 129 Å². The van der Waals surface area contributed by atoms with E-state index in [1.165, 1.54) is 26.0 Å². The van der Waals surface area contributed by atoms with Gasteiger partial charge in [-0.25, -0.2) is 9.59 Å². The molecule has 20 heteroatoms. The highest BCUT2D eigenvalue weighted by atomic mass is 28.4. The topological polar surface area (TPSA) is 248 Å². The first-order valence-electron chi connectivity index (χ1n) is 27.7. The van der Waals surface area contributed by atoms with E-state index in [1.807, 2.05) is 47.6 Å². The number of esters is 4. The number of benzene rings is 3. The number of carbonyl (C=O) groups excluding carboxylic acids is 6. The molecule has 3 aromatic carbocycles. The van der Waals surface area contributed by atoms with Crippen molar-refractivity contribution in [3.8, 4) is 0 Å². The second kappa shape index (κ2) is 24.0. The molecule has 1 amide bonds. The monoisotopic (exact) mass is 1120 g/mol. The van der Waals surface area contributed by atoms with Crippen molar-refractivity contribution in [3.63, 3.8) is 0 Å². The molecule has 0 radical (unpaired) electrons. The predicted molar refractivity (Wildman–Crippen MR) is 299 cm³/mol. The summed E-state index contributed by atoms with van der Waals surface area (Å²) in [7, 11) is -5.51. The van der Waals surface area contributed by atoms with Gasteiger partial charge in [0, 0.05) is 42.6 Å². The van der Waals surface area contributed by atoms with Crippen molar-refractivity contribution in [1.82, 2.24) is 5.32 Å². The third-order valence-electron chi connectivity index (χ3n) is 18.3. The van der Waals surface area contributed by atoms with Crippen molar-refractivity contribution >= 4 is 57.9 Å². The molecule has 79 heavy (non-hydrogen) atoms. The second-order valence-electron chi connectivity index (χ2n) is 22.4. The molecule has 3 fully saturated rings. The molecular formula is C59H78N4O14Si2. The summed E-state index contributed by atoms with van der Waals surface area (Å²) in [5.41, 5.74) is 2.75. The Hall–Kier alpha value is -6.00. The van der Waals surface area contributed by atoms with Crippen molar-refractivity contribution in [3.05, 3.63) is 123 Å². The summed E-state index contributed by atoms with van der Waals surface area (Å²) < 4.78 is 47.1. The van der Waals surface area contributed by atoms with Crippen LogP contribution in [0.3, 0.4) is 0 Å². The fourth-order valence-corrected chi connectivity index (χ4v) is 18.9. The van der Waals surface area contributed by atoms with Gasteiger partial charge in [-0.15, -0.1) is 0 Å². The lowest BCUT2D eigenvalue weighted by Gasteiger charge is -2.68. The number of Topliss-reactive ketones (excluding diaryl/α,β-unsaturated/α-hetero) is 1. The van der Waals surface area contributed by atoms with Crippen LogP contribution in [0, 0.1) is 16.7 Å². The lowest BCUT2D eigenvalue weighted by atomic mass is 9.44. The van der Waals surface area contributed by atoms with Crippen LogP contribution >= 0.6 is 0 Å². The molecule has 1 heterocycles. The number of amides is 1. The van der Waals surface area contributed by atoms with Crippen molar-refractivity contribution in [2.24, 2.45) is 21.9 Å². The SMILES string of the molecule is CC[Si](CC)(CC)O[C@H]1C[C@H]2OC[C@@]2(OC(C)=O)[C@H]2[C@H](OC(=O)c3ccccc3N=[N+]=[N-])[C@]3(O)C[C@H](OC(=O)[C@H](O[Si](CC)(CC)CC)[C@@H](NC(=O)c4ccccc4)c4ccccc4)C(C)=C([C@@H](OC(C)=O)C(=O)[C@]12C)C3(C)C. The molecule has 1 aliphatic heterocycles. The van der Waals surface area contributed by atoms with Gasteiger partial charge in [-0.2, -0.15) is 0 Å². The molecule has 11 atom stereocenters. The number of ketones is 1. The normalized spacial score (nSPS) is 27.9. The zero-order chi connectivity index (χ0) is 57.9. The number of hydrogen-bond acceptors (Lipinski definition) is 15. The molecule has 1 saturated heterocycles. The van der Waals surface area contributed by atoms with E-state index in [1.54, 1.807) is 94.4 Å².